The molecule has 0 radical (unpaired) electrons. The summed E-state index contributed by atoms with van der Waals surface area (Å²) in [7, 11) is 0. The summed E-state index contributed by atoms with van der Waals surface area (Å²) in [6.45, 7) is 6.25. The molecule has 77 heavy (non-hydrogen) atoms. The summed E-state index contributed by atoms with van der Waals surface area (Å²) in [6.07, 6.45) is 5.25. The van der Waals surface area contributed by atoms with Crippen LogP contribution in [-0.4, -0.2) is 18.7 Å². The Bertz CT molecular complexity index is 5610. The fraction of sp³-hybridized carbons (Fsp3) is 0.0571. The van der Waals surface area contributed by atoms with Gasteiger partial charge >= 0.3 is 0 Å². The molecule has 0 bridgehead atoms. The van der Waals surface area contributed by atoms with Gasteiger partial charge in [0, 0.05) is 55.1 Å². The van der Waals surface area contributed by atoms with Gasteiger partial charge in [-0.15, -0.1) is 24.3 Å². The van der Waals surface area contributed by atoms with Crippen molar-refractivity contribution in [3.05, 3.63) is 254 Å². The van der Waals surface area contributed by atoms with E-state index in [9.17, 15) is 11.0 Å². The normalized spacial score (nSPS) is 15.1. The SMILES string of the molecule is [2H]c1c([2H])c([2H])c(-c2cccc3c2-[n+]2[c-]n(-c4[c-]c(Oc5[c-]c6c(c(-n7c8c([2H])c([2H])c([2H])c([2H])c8c8c([2H])c([2H])c([2H])c([2H])c87)c5)c5ccccc5n6-c5cc(C(C)(C)C)ccn5)ccc4)c4cccc(c42)-c2ccccc2-c2c([2H])c([2H])c([2H])c([2H])c2-3)c([2H])c1[2H].[Pt]. The van der Waals surface area contributed by atoms with E-state index in [0.717, 1.165) is 5.56 Å². The van der Waals surface area contributed by atoms with Crippen LogP contribution in [0.1, 0.15) is 49.6 Å². The molecule has 15 rings (SSSR count). The number of aromatic nitrogens is 5. The molecule has 0 saturated heterocycles. The summed E-state index contributed by atoms with van der Waals surface area (Å²) in [4.78, 5) is 4.90. The van der Waals surface area contributed by atoms with Crippen LogP contribution in [0.2, 0.25) is 0 Å². The molecule has 0 N–H and O–H groups in total. The topological polar surface area (TPSA) is 40.8 Å². The van der Waals surface area contributed by atoms with E-state index < -0.39 is 90.6 Å². The minimum atomic E-state index is -0.604. The molecule has 370 valence electrons. The van der Waals surface area contributed by atoms with Crippen LogP contribution in [0.4, 0.5) is 0 Å². The van der Waals surface area contributed by atoms with E-state index in [1.54, 1.807) is 69.9 Å². The average molecular weight is 1190 g/mol. The van der Waals surface area contributed by atoms with Crippen LogP contribution in [-0.2, 0) is 26.5 Å². The van der Waals surface area contributed by atoms with E-state index in [0.29, 0.717) is 61.0 Å². The van der Waals surface area contributed by atoms with Crippen LogP contribution in [0.3, 0.4) is 0 Å². The molecule has 0 unspecified atom stereocenters. The Hall–Kier alpha value is -9.09. The second-order valence-corrected chi connectivity index (χ2v) is 19.5. The third-order valence-corrected chi connectivity index (χ3v) is 14.1. The second-order valence-electron chi connectivity index (χ2n) is 19.5. The molecule has 4 aromatic heterocycles. The van der Waals surface area contributed by atoms with Crippen LogP contribution in [0, 0.1) is 18.5 Å². The van der Waals surface area contributed by atoms with E-state index in [4.69, 9.17) is 22.1 Å². The largest absolute Gasteiger partial charge is 0.510 e. The fourth-order valence-corrected chi connectivity index (χ4v) is 10.8. The minimum Gasteiger partial charge on any atom is -0.510 e. The molecule has 10 aromatic carbocycles. The summed E-state index contributed by atoms with van der Waals surface area (Å²) in [6, 6.07) is 34.0. The smallest absolute Gasteiger partial charge is 0.268 e. The first kappa shape index (κ1) is 31.7. The molecule has 0 saturated carbocycles. The van der Waals surface area contributed by atoms with Gasteiger partial charge < -0.3 is 18.4 Å². The molecular weight excluding hydrogens is 1120 g/mol. The quantitative estimate of drug-likeness (QED) is 0.123. The van der Waals surface area contributed by atoms with Gasteiger partial charge in [0.1, 0.15) is 5.82 Å². The molecule has 0 atom stereocenters. The minimum absolute atomic E-state index is 0. The summed E-state index contributed by atoms with van der Waals surface area (Å²) in [5.74, 6) is 0.652. The summed E-state index contributed by atoms with van der Waals surface area (Å²) < 4.78 is 169. The third-order valence-electron chi connectivity index (χ3n) is 14.1. The Balaban J connectivity index is 0.00000763. The number of benzene rings is 10. The van der Waals surface area contributed by atoms with Crippen molar-refractivity contribution in [2.75, 3.05) is 0 Å². The summed E-state index contributed by atoms with van der Waals surface area (Å²) >= 11 is 0. The van der Waals surface area contributed by atoms with Gasteiger partial charge in [0.15, 0.2) is 0 Å². The van der Waals surface area contributed by atoms with Crippen molar-refractivity contribution in [1.82, 2.24) is 18.7 Å². The van der Waals surface area contributed by atoms with Crippen molar-refractivity contribution < 1.29 is 53.7 Å². The van der Waals surface area contributed by atoms with Crippen LogP contribution < -0.4 is 9.30 Å². The number of pyridine rings is 1. The molecule has 14 aromatic rings. The summed E-state index contributed by atoms with van der Waals surface area (Å²) in [5, 5.41) is 0.890. The Morgan fingerprint density at radius 2 is 1.14 bits per heavy atom. The van der Waals surface area contributed by atoms with Crippen LogP contribution in [0.25, 0.3) is 122 Å². The first-order valence-electron chi connectivity index (χ1n) is 33.0. The zero-order chi connectivity index (χ0) is 65.4. The number of ether oxygens (including phenoxy) is 1. The van der Waals surface area contributed by atoms with Gasteiger partial charge in [-0.3, -0.25) is 4.57 Å². The van der Waals surface area contributed by atoms with Gasteiger partial charge in [-0.05, 0) is 103 Å². The number of nitrogens with zero attached hydrogens (tertiary/aromatic N) is 5. The number of hydrogen-bond acceptors (Lipinski definition) is 2. The maximum atomic E-state index is 9.63. The predicted octanol–water partition coefficient (Wildman–Crippen LogP) is 17.0. The van der Waals surface area contributed by atoms with Crippen molar-refractivity contribution in [1.29, 1.82) is 0 Å². The van der Waals surface area contributed by atoms with Gasteiger partial charge in [-0.1, -0.05) is 201 Å². The van der Waals surface area contributed by atoms with Crippen LogP contribution in [0.5, 0.6) is 11.5 Å². The van der Waals surface area contributed by atoms with Crippen molar-refractivity contribution in [3.63, 3.8) is 0 Å². The molecular formula is C70H47N5OPt-2. The van der Waals surface area contributed by atoms with E-state index in [-0.39, 0.29) is 111 Å². The van der Waals surface area contributed by atoms with Crippen LogP contribution >= 0.6 is 0 Å². The molecule has 7 heteroatoms. The molecule has 0 aliphatic carbocycles. The van der Waals surface area contributed by atoms with E-state index in [1.165, 1.54) is 4.57 Å². The maximum absolute atomic E-state index is 9.63. The number of imidazole rings is 1. The molecule has 0 fully saturated rings. The van der Waals surface area contributed by atoms with Gasteiger partial charge in [0.25, 0.3) is 6.33 Å². The van der Waals surface area contributed by atoms with Crippen molar-refractivity contribution in [2.24, 2.45) is 0 Å². The first-order chi connectivity index (χ1) is 44.4. The fourth-order valence-electron chi connectivity index (χ4n) is 10.8. The van der Waals surface area contributed by atoms with Crippen molar-refractivity contribution in [3.8, 4) is 78.9 Å². The predicted molar refractivity (Wildman–Crippen MR) is 308 cm³/mol. The Labute approximate surface area is 484 Å². The summed E-state index contributed by atoms with van der Waals surface area (Å²) in [5.41, 5.74) is 5.34. The Morgan fingerprint density at radius 3 is 1.92 bits per heavy atom. The number of para-hydroxylation sites is 5. The van der Waals surface area contributed by atoms with Gasteiger partial charge in [-0.25, -0.2) is 4.98 Å². The third kappa shape index (κ3) is 7.34. The van der Waals surface area contributed by atoms with Crippen molar-refractivity contribution in [2.45, 2.75) is 26.2 Å². The Kier molecular flexibility index (Phi) is 7.43. The monoisotopic (exact) mass is 1190 g/mol. The molecule has 1 aliphatic heterocycles. The van der Waals surface area contributed by atoms with Gasteiger partial charge in [0.05, 0.1) is 51.1 Å². The van der Waals surface area contributed by atoms with Crippen LogP contribution in [0.15, 0.2) is 230 Å². The molecule has 0 amide bonds. The number of hydrogen-bond donors (Lipinski definition) is 0. The van der Waals surface area contributed by atoms with Crippen molar-refractivity contribution >= 4 is 54.6 Å². The zero-order valence-electron chi connectivity index (χ0n) is 58.1. The molecule has 6 nitrogen and oxygen atoms in total. The number of rotatable bonds is 6. The van der Waals surface area contributed by atoms with E-state index >= 15 is 0 Å². The number of fused-ring (bicyclic) bond motifs is 13. The molecule has 5 heterocycles. The second kappa shape index (κ2) is 18.0. The maximum Gasteiger partial charge on any atom is 0.268 e. The van der Waals surface area contributed by atoms with Gasteiger partial charge in [-0.2, -0.15) is 12.1 Å². The molecule has 0 spiro atoms. The molecule has 1 aliphatic rings. The van der Waals surface area contributed by atoms with Gasteiger partial charge in [0.2, 0.25) is 0 Å². The standard InChI is InChI=1S/C70H47N5O.Pt/c1-70(2,3)46-38-39-71-66(40-46)75-62-36-16-13-30-59(62)67-64(74-60-34-14-11-28-55(60)56-29-12-15-35-61(56)74)42-49(43-65(67)75)76-48-23-17-22-47(41-48)72-44-73-68-50(45-20-5-4-6-21-45)31-18-32-57(68)53-26-9-7-24-51(53)52-25-8-10-27-54(52)58-33-19-37-63(72)69(58)73;/h4-40,42H,1-3H3;/q-2;/i4D,5D,6D,7D,9D,11D,12D,14D,15D,20D,21D,24D,26D,28D,29D,34D,35D;. The Morgan fingerprint density at radius 1 is 0.519 bits per heavy atom. The van der Waals surface area contributed by atoms with E-state index in [1.807, 2.05) is 71.3 Å². The zero-order valence-corrected chi connectivity index (χ0v) is 43.4. The van der Waals surface area contributed by atoms with E-state index in [2.05, 4.69) is 39.2 Å². The average Bonchev–Trinajstić information content (AvgIpc) is 1.52. The first-order valence-corrected chi connectivity index (χ1v) is 24.5.